The first-order chi connectivity index (χ1) is 16.0. The average molecular weight is 500 g/mol. The van der Waals surface area contributed by atoms with Crippen molar-refractivity contribution in [3.8, 4) is 0 Å². The highest BCUT2D eigenvalue weighted by Crippen LogP contribution is 2.20. The van der Waals surface area contributed by atoms with E-state index in [9.17, 15) is 24.0 Å². The number of hydrogen-bond acceptors (Lipinski definition) is 7. The third-order valence-corrected chi connectivity index (χ3v) is 6.13. The van der Waals surface area contributed by atoms with Crippen molar-refractivity contribution >= 4 is 41.2 Å². The van der Waals surface area contributed by atoms with Crippen LogP contribution in [0, 0.1) is 5.92 Å². The summed E-state index contributed by atoms with van der Waals surface area (Å²) in [6.45, 7) is 9.34. The van der Waals surface area contributed by atoms with Crippen LogP contribution in [0.15, 0.2) is 0 Å². The van der Waals surface area contributed by atoms with E-state index in [-0.39, 0.29) is 48.7 Å². The Morgan fingerprint density at radius 2 is 1.71 bits per heavy atom. The molecule has 0 spiro atoms. The van der Waals surface area contributed by atoms with Gasteiger partial charge in [0.15, 0.2) is 0 Å². The molecule has 0 aromatic rings. The number of carbonyl (C=O) groups is 5. The van der Waals surface area contributed by atoms with Crippen molar-refractivity contribution in [2.24, 2.45) is 5.92 Å². The number of carbonyl (C=O) groups excluding carboxylic acids is 5. The number of Topliss-reactive ketones (excluding diaryl/α,β-unsaturated/α-hetero) is 1. The Hall–Kier alpha value is -2.14. The second kappa shape index (κ2) is 15.0. The smallest absolute Gasteiger partial charge is 0.243 e. The van der Waals surface area contributed by atoms with Crippen LogP contribution in [0.4, 0.5) is 0 Å². The molecule has 1 rings (SSSR count). The molecule has 11 heteroatoms. The van der Waals surface area contributed by atoms with E-state index in [1.807, 2.05) is 34.0 Å². The van der Waals surface area contributed by atoms with Crippen LogP contribution in [0.5, 0.6) is 0 Å². The topological polar surface area (TPSA) is 137 Å². The zero-order valence-corrected chi connectivity index (χ0v) is 22.0. The number of nitrogens with zero attached hydrogens (tertiary/aromatic N) is 1. The number of hydrogen-bond donors (Lipinski definition) is 4. The summed E-state index contributed by atoms with van der Waals surface area (Å²) in [5.41, 5.74) is 0. The van der Waals surface area contributed by atoms with E-state index in [4.69, 9.17) is 0 Å². The molecular weight excluding hydrogens is 458 g/mol. The van der Waals surface area contributed by atoms with E-state index in [0.29, 0.717) is 25.1 Å². The number of nitrogens with one attached hydrogen (secondary N) is 4. The van der Waals surface area contributed by atoms with Crippen molar-refractivity contribution in [3.05, 3.63) is 0 Å². The van der Waals surface area contributed by atoms with Crippen LogP contribution in [0.1, 0.15) is 53.9 Å². The van der Waals surface area contributed by atoms with Gasteiger partial charge in [0.1, 0.15) is 17.9 Å². The summed E-state index contributed by atoms with van der Waals surface area (Å²) in [6.07, 6.45) is 3.54. The summed E-state index contributed by atoms with van der Waals surface area (Å²) < 4.78 is 0. The highest BCUT2D eigenvalue weighted by atomic mass is 32.2. The second-order valence-corrected chi connectivity index (χ2v) is 10.3. The van der Waals surface area contributed by atoms with Crippen LogP contribution in [-0.4, -0.2) is 90.1 Å². The van der Waals surface area contributed by atoms with Crippen molar-refractivity contribution in [3.63, 3.8) is 0 Å². The molecule has 3 unspecified atom stereocenters. The zero-order valence-electron chi connectivity index (χ0n) is 21.2. The van der Waals surface area contributed by atoms with Crippen molar-refractivity contribution < 1.29 is 24.0 Å². The molecule has 0 saturated carbocycles. The summed E-state index contributed by atoms with van der Waals surface area (Å²) in [7, 11) is 0. The molecule has 4 amide bonds. The monoisotopic (exact) mass is 499 g/mol. The molecule has 4 N–H and O–H groups in total. The fraction of sp³-hybridized carbons (Fsp3) is 0.783. The van der Waals surface area contributed by atoms with Crippen molar-refractivity contribution in [2.75, 3.05) is 31.6 Å². The van der Waals surface area contributed by atoms with Gasteiger partial charge in [-0.3, -0.25) is 24.0 Å². The maximum atomic E-state index is 13.1. The first-order valence-corrected chi connectivity index (χ1v) is 13.3. The zero-order chi connectivity index (χ0) is 25.8. The van der Waals surface area contributed by atoms with Gasteiger partial charge in [-0.1, -0.05) is 27.7 Å². The number of ketones is 1. The minimum atomic E-state index is -0.797. The molecule has 0 aromatic heterocycles. The van der Waals surface area contributed by atoms with E-state index >= 15 is 0 Å². The molecule has 1 aliphatic rings. The molecule has 0 radical (unpaired) electrons. The maximum absolute atomic E-state index is 13.1. The van der Waals surface area contributed by atoms with Gasteiger partial charge in [-0.2, -0.15) is 11.8 Å². The second-order valence-electron chi connectivity index (χ2n) is 9.27. The van der Waals surface area contributed by atoms with Gasteiger partial charge >= 0.3 is 0 Å². The fourth-order valence-electron chi connectivity index (χ4n) is 3.76. The number of thioether (sulfide) groups is 1. The van der Waals surface area contributed by atoms with Crippen molar-refractivity contribution in [1.82, 2.24) is 26.2 Å². The molecule has 1 aliphatic heterocycles. The van der Waals surface area contributed by atoms with Gasteiger partial charge in [0, 0.05) is 12.6 Å². The summed E-state index contributed by atoms with van der Waals surface area (Å²) in [5.74, 6) is -0.902. The Bertz CT molecular complexity index is 731. The Morgan fingerprint density at radius 1 is 1.03 bits per heavy atom. The summed E-state index contributed by atoms with van der Waals surface area (Å²) in [4.78, 5) is 63.5. The van der Waals surface area contributed by atoms with E-state index in [0.717, 1.165) is 6.42 Å². The van der Waals surface area contributed by atoms with Gasteiger partial charge in [0.2, 0.25) is 23.6 Å². The van der Waals surface area contributed by atoms with E-state index in [2.05, 4.69) is 21.3 Å². The molecule has 0 bridgehead atoms. The van der Waals surface area contributed by atoms with Crippen LogP contribution in [0.2, 0.25) is 0 Å². The molecule has 3 atom stereocenters. The van der Waals surface area contributed by atoms with E-state index in [1.54, 1.807) is 4.90 Å². The van der Waals surface area contributed by atoms with Crippen molar-refractivity contribution in [2.45, 2.75) is 78.0 Å². The third-order valence-electron chi connectivity index (χ3n) is 5.48. The minimum Gasteiger partial charge on any atom is -0.347 e. The Morgan fingerprint density at radius 3 is 2.26 bits per heavy atom. The standard InChI is InChI=1S/C23H41N5O5S/c1-14(2)20(26-15(3)4)23(33)28-10-7-8-18(28)22(32)25-13-19(30)27-17(9-11-34-6)21(31)24-12-16(5)29/h14-15,17-18,20,26H,7-13H2,1-6H3,(H,24,31)(H,25,32)(H,27,30). The first-order valence-electron chi connectivity index (χ1n) is 11.9. The molecular formula is C23H41N5O5S. The lowest BCUT2D eigenvalue weighted by Crippen LogP contribution is -2.56. The lowest BCUT2D eigenvalue weighted by Gasteiger charge is -2.31. The van der Waals surface area contributed by atoms with Gasteiger partial charge in [-0.05, 0) is 44.1 Å². The van der Waals surface area contributed by atoms with Crippen LogP contribution < -0.4 is 21.3 Å². The lowest BCUT2D eigenvalue weighted by atomic mass is 10.0. The molecule has 0 aliphatic carbocycles. The van der Waals surface area contributed by atoms with Gasteiger partial charge < -0.3 is 26.2 Å². The Balaban J connectivity index is 2.69. The lowest BCUT2D eigenvalue weighted by molar-refractivity contribution is -0.141. The maximum Gasteiger partial charge on any atom is 0.243 e. The molecule has 1 fully saturated rings. The molecule has 1 heterocycles. The van der Waals surface area contributed by atoms with E-state index < -0.39 is 23.9 Å². The summed E-state index contributed by atoms with van der Waals surface area (Å²) in [6, 6.07) is -1.68. The average Bonchev–Trinajstić information content (AvgIpc) is 3.26. The number of rotatable bonds is 14. The quantitative estimate of drug-likeness (QED) is 0.265. The molecule has 0 aromatic carbocycles. The third kappa shape index (κ3) is 10.0. The van der Waals surface area contributed by atoms with Crippen LogP contribution >= 0.6 is 11.8 Å². The molecule has 10 nitrogen and oxygen atoms in total. The van der Waals surface area contributed by atoms with Crippen LogP contribution in [0.25, 0.3) is 0 Å². The highest BCUT2D eigenvalue weighted by molar-refractivity contribution is 7.98. The molecule has 194 valence electrons. The highest BCUT2D eigenvalue weighted by Gasteiger charge is 2.38. The van der Waals surface area contributed by atoms with Gasteiger partial charge in [-0.25, -0.2) is 0 Å². The normalized spacial score (nSPS) is 17.4. The first kappa shape index (κ1) is 29.9. The van der Waals surface area contributed by atoms with Crippen LogP contribution in [-0.2, 0) is 24.0 Å². The summed E-state index contributed by atoms with van der Waals surface area (Å²) >= 11 is 1.53. The predicted octanol–water partition coefficient (Wildman–Crippen LogP) is 0.0593. The van der Waals surface area contributed by atoms with Crippen molar-refractivity contribution in [1.29, 1.82) is 0 Å². The molecule has 1 saturated heterocycles. The Labute approximate surface area is 207 Å². The van der Waals surface area contributed by atoms with E-state index in [1.165, 1.54) is 18.7 Å². The fourth-order valence-corrected chi connectivity index (χ4v) is 4.23. The Kier molecular flexibility index (Phi) is 13.2. The summed E-state index contributed by atoms with van der Waals surface area (Å²) in [5, 5.41) is 11.0. The number of amides is 4. The SMILES string of the molecule is CSCCC(NC(=O)CNC(=O)C1CCCN1C(=O)C(NC(C)C)C(C)C)C(=O)NCC(C)=O. The molecule has 34 heavy (non-hydrogen) atoms. The predicted molar refractivity (Wildman–Crippen MR) is 133 cm³/mol. The van der Waals surface area contributed by atoms with Gasteiger partial charge in [-0.15, -0.1) is 0 Å². The number of likely N-dealkylation sites (tertiary alicyclic amines) is 1. The van der Waals surface area contributed by atoms with Crippen LogP contribution in [0.3, 0.4) is 0 Å². The van der Waals surface area contributed by atoms with Gasteiger partial charge in [0.05, 0.1) is 19.1 Å². The largest absolute Gasteiger partial charge is 0.347 e. The minimum absolute atomic E-state index is 0.0670. The van der Waals surface area contributed by atoms with Gasteiger partial charge in [0.25, 0.3) is 0 Å².